The maximum Gasteiger partial charge on any atom is 0.0371 e. The molecule has 0 aromatic carbocycles. The Morgan fingerprint density at radius 3 is 2.50 bits per heavy atom. The van der Waals surface area contributed by atoms with Crippen LogP contribution in [0.15, 0.2) is 35.7 Å². The Morgan fingerprint density at radius 1 is 1.00 bits per heavy atom. The summed E-state index contributed by atoms with van der Waals surface area (Å²) in [6.07, 6.45) is 15.1. The molecular weight excluding hydrogens is 146 g/mol. The van der Waals surface area contributed by atoms with Crippen LogP contribution in [0.2, 0.25) is 0 Å². The first-order chi connectivity index (χ1) is 5.97. The Kier molecular flexibility index (Phi) is 2.31. The van der Waals surface area contributed by atoms with Crippen molar-refractivity contribution in [3.63, 3.8) is 0 Å². The molecule has 0 aromatic rings. The summed E-state index contributed by atoms with van der Waals surface area (Å²) in [6, 6.07) is 0. The van der Waals surface area contributed by atoms with Gasteiger partial charge in [-0.15, -0.1) is 0 Å². The molecule has 1 heterocycles. The van der Waals surface area contributed by atoms with Crippen molar-refractivity contribution in [3.05, 3.63) is 35.7 Å². The molecule has 1 heteroatoms. The third-order valence-electron chi connectivity index (χ3n) is 2.55. The average molecular weight is 161 g/mol. The first-order valence-corrected chi connectivity index (χ1v) is 4.78. The van der Waals surface area contributed by atoms with Crippen molar-refractivity contribution in [1.29, 1.82) is 0 Å². The van der Waals surface area contributed by atoms with Crippen LogP contribution in [0.25, 0.3) is 0 Å². The van der Waals surface area contributed by atoms with Crippen LogP contribution in [0.5, 0.6) is 0 Å². The van der Waals surface area contributed by atoms with Crippen LogP contribution in [-0.4, -0.2) is 0 Å². The third-order valence-corrected chi connectivity index (χ3v) is 2.55. The Morgan fingerprint density at radius 2 is 1.83 bits per heavy atom. The third kappa shape index (κ3) is 1.60. The lowest BCUT2D eigenvalue weighted by molar-refractivity contribution is 0.591. The minimum absolute atomic E-state index is 1.29. The van der Waals surface area contributed by atoms with Gasteiger partial charge in [0.15, 0.2) is 0 Å². The number of rotatable bonds is 0. The largest absolute Gasteiger partial charge is 0.362 e. The van der Waals surface area contributed by atoms with E-state index < -0.39 is 0 Å². The van der Waals surface area contributed by atoms with Gasteiger partial charge in [-0.25, -0.2) is 0 Å². The monoisotopic (exact) mass is 161 g/mol. The van der Waals surface area contributed by atoms with E-state index in [4.69, 9.17) is 0 Å². The lowest BCUT2D eigenvalue weighted by Gasteiger charge is -2.18. The minimum atomic E-state index is 1.29. The molecule has 12 heavy (non-hydrogen) atoms. The van der Waals surface area contributed by atoms with E-state index in [9.17, 15) is 0 Å². The summed E-state index contributed by atoms with van der Waals surface area (Å²) in [5, 5.41) is 3.30. The van der Waals surface area contributed by atoms with Gasteiger partial charge >= 0.3 is 0 Å². The van der Waals surface area contributed by atoms with Gasteiger partial charge < -0.3 is 5.32 Å². The molecule has 64 valence electrons. The van der Waals surface area contributed by atoms with Crippen molar-refractivity contribution in [2.45, 2.75) is 32.1 Å². The highest BCUT2D eigenvalue weighted by Crippen LogP contribution is 2.25. The van der Waals surface area contributed by atoms with Gasteiger partial charge in [-0.1, -0.05) is 12.5 Å². The van der Waals surface area contributed by atoms with Gasteiger partial charge in [0, 0.05) is 11.9 Å². The van der Waals surface area contributed by atoms with E-state index in [2.05, 4.69) is 17.5 Å². The molecule has 1 N–H and O–H groups in total. The number of hydrogen-bond acceptors (Lipinski definition) is 1. The molecule has 1 aliphatic heterocycles. The number of allylic oxidation sites excluding steroid dienone is 4. The molecule has 0 unspecified atom stereocenters. The van der Waals surface area contributed by atoms with Crippen LogP contribution in [0.4, 0.5) is 0 Å². The second-order valence-electron chi connectivity index (χ2n) is 3.44. The fourth-order valence-electron chi connectivity index (χ4n) is 1.86. The molecule has 2 aliphatic rings. The predicted octanol–water partition coefficient (Wildman–Crippen LogP) is 2.88. The molecule has 0 bridgehead atoms. The van der Waals surface area contributed by atoms with Gasteiger partial charge in [0.05, 0.1) is 0 Å². The minimum Gasteiger partial charge on any atom is -0.362 e. The molecule has 0 spiro atoms. The Hall–Kier alpha value is -0.980. The van der Waals surface area contributed by atoms with E-state index in [0.717, 1.165) is 0 Å². The molecule has 2 rings (SSSR count). The molecule has 1 nitrogen and oxygen atoms in total. The average Bonchev–Trinajstić information content (AvgIpc) is 2.21. The van der Waals surface area contributed by atoms with Crippen LogP contribution in [0.3, 0.4) is 0 Å². The topological polar surface area (TPSA) is 12.0 Å². The second kappa shape index (κ2) is 3.61. The van der Waals surface area contributed by atoms with E-state index in [-0.39, 0.29) is 0 Å². The first-order valence-electron chi connectivity index (χ1n) is 4.78. The van der Waals surface area contributed by atoms with E-state index in [0.29, 0.717) is 0 Å². The Bertz CT molecular complexity index is 238. The van der Waals surface area contributed by atoms with Crippen molar-refractivity contribution in [1.82, 2.24) is 5.32 Å². The van der Waals surface area contributed by atoms with Crippen LogP contribution in [0, 0.1) is 0 Å². The van der Waals surface area contributed by atoms with Crippen molar-refractivity contribution in [2.24, 2.45) is 0 Å². The summed E-state index contributed by atoms with van der Waals surface area (Å²) in [5.74, 6) is 0. The molecule has 0 amide bonds. The smallest absolute Gasteiger partial charge is 0.0371 e. The number of hydrogen-bond donors (Lipinski definition) is 1. The fourth-order valence-corrected chi connectivity index (χ4v) is 1.86. The standard InChI is InChI=1S/C11H15N/c1-2-6-10(7-3-1)11-8-4-5-9-12-11/h4-5,8-9,12H,1-3,6-7H2. The molecule has 0 radical (unpaired) electrons. The maximum absolute atomic E-state index is 3.30. The zero-order valence-electron chi connectivity index (χ0n) is 7.34. The van der Waals surface area contributed by atoms with E-state index in [1.54, 1.807) is 5.57 Å². The lowest BCUT2D eigenvalue weighted by Crippen LogP contribution is -2.10. The quantitative estimate of drug-likeness (QED) is 0.576. The number of dihydropyridines is 1. The summed E-state index contributed by atoms with van der Waals surface area (Å²) < 4.78 is 0. The van der Waals surface area contributed by atoms with Gasteiger partial charge in [0.25, 0.3) is 0 Å². The highest BCUT2D eigenvalue weighted by molar-refractivity contribution is 5.31. The summed E-state index contributed by atoms with van der Waals surface area (Å²) in [7, 11) is 0. The fraction of sp³-hybridized carbons (Fsp3) is 0.455. The van der Waals surface area contributed by atoms with Crippen LogP contribution < -0.4 is 5.32 Å². The van der Waals surface area contributed by atoms with Crippen molar-refractivity contribution < 1.29 is 0 Å². The van der Waals surface area contributed by atoms with Crippen LogP contribution in [0.1, 0.15) is 32.1 Å². The summed E-state index contributed by atoms with van der Waals surface area (Å²) in [4.78, 5) is 0. The van der Waals surface area contributed by atoms with E-state index in [1.165, 1.54) is 37.8 Å². The predicted molar refractivity (Wildman–Crippen MR) is 51.5 cm³/mol. The molecule has 1 fully saturated rings. The van der Waals surface area contributed by atoms with Gasteiger partial charge in [-0.3, -0.25) is 0 Å². The highest BCUT2D eigenvalue weighted by Gasteiger charge is 2.09. The maximum atomic E-state index is 3.30. The molecular formula is C11H15N. The Balaban J connectivity index is 2.12. The number of nitrogens with one attached hydrogen (secondary N) is 1. The van der Waals surface area contributed by atoms with Gasteiger partial charge in [-0.05, 0) is 43.4 Å². The summed E-state index contributed by atoms with van der Waals surface area (Å²) >= 11 is 0. The van der Waals surface area contributed by atoms with Gasteiger partial charge in [0.2, 0.25) is 0 Å². The second-order valence-corrected chi connectivity index (χ2v) is 3.44. The summed E-state index contributed by atoms with van der Waals surface area (Å²) in [5.41, 5.74) is 2.96. The molecule has 0 aromatic heterocycles. The zero-order chi connectivity index (χ0) is 8.23. The van der Waals surface area contributed by atoms with Gasteiger partial charge in [-0.2, -0.15) is 0 Å². The zero-order valence-corrected chi connectivity index (χ0v) is 7.34. The van der Waals surface area contributed by atoms with Crippen molar-refractivity contribution in [3.8, 4) is 0 Å². The van der Waals surface area contributed by atoms with Gasteiger partial charge in [0.1, 0.15) is 0 Å². The highest BCUT2D eigenvalue weighted by atomic mass is 14.9. The normalized spacial score (nSPS) is 22.7. The Labute approximate surface area is 73.9 Å². The van der Waals surface area contributed by atoms with E-state index >= 15 is 0 Å². The summed E-state index contributed by atoms with van der Waals surface area (Å²) in [6.45, 7) is 0. The lowest BCUT2D eigenvalue weighted by atomic mass is 9.93. The van der Waals surface area contributed by atoms with Crippen LogP contribution in [-0.2, 0) is 0 Å². The molecule has 1 saturated carbocycles. The van der Waals surface area contributed by atoms with Crippen molar-refractivity contribution >= 4 is 0 Å². The van der Waals surface area contributed by atoms with E-state index in [1.807, 2.05) is 12.3 Å². The van der Waals surface area contributed by atoms with Crippen LogP contribution >= 0.6 is 0 Å². The molecule has 0 atom stereocenters. The molecule has 1 aliphatic carbocycles. The first kappa shape index (κ1) is 7.66. The SMILES string of the molecule is C1=CNC(=C2CCCCC2)C=C1. The molecule has 0 saturated heterocycles. The van der Waals surface area contributed by atoms with Crippen molar-refractivity contribution in [2.75, 3.05) is 0 Å².